The molecule has 114 valence electrons. The number of nitrogens with zero attached hydrogens (tertiary/aromatic N) is 1. The van der Waals surface area contributed by atoms with E-state index in [1.165, 1.54) is 31.3 Å². The van der Waals surface area contributed by atoms with Gasteiger partial charge in [-0.1, -0.05) is 25.0 Å². The zero-order valence-electron chi connectivity index (χ0n) is 12.7. The van der Waals surface area contributed by atoms with Crippen LogP contribution in [0.4, 0.5) is 0 Å². The minimum absolute atomic E-state index is 0.0833. The lowest BCUT2D eigenvalue weighted by Gasteiger charge is -2.46. The topological polar surface area (TPSA) is 52.6 Å². The summed E-state index contributed by atoms with van der Waals surface area (Å²) >= 11 is 0. The number of allylic oxidation sites excluding steroid dienone is 1. The number of hydrogen-bond donors (Lipinski definition) is 2. The fraction of sp³-hybridized carbons (Fsp3) is 0.812. The number of β-amino-alcohol motifs (C(OH)–C–C–N with tert-alkyl or cyclic N) is 1. The Bertz CT molecular complexity index is 359. The van der Waals surface area contributed by atoms with Gasteiger partial charge in [0.15, 0.2) is 0 Å². The molecule has 0 atom stereocenters. The van der Waals surface area contributed by atoms with Crippen LogP contribution in [-0.2, 0) is 4.79 Å². The van der Waals surface area contributed by atoms with Crippen molar-refractivity contribution in [1.82, 2.24) is 10.2 Å². The van der Waals surface area contributed by atoms with Gasteiger partial charge in [0, 0.05) is 19.6 Å². The van der Waals surface area contributed by atoms with Crippen molar-refractivity contribution in [2.45, 2.75) is 57.5 Å². The zero-order valence-corrected chi connectivity index (χ0v) is 12.7. The third-order valence-corrected chi connectivity index (χ3v) is 4.27. The summed E-state index contributed by atoms with van der Waals surface area (Å²) in [6.07, 6.45) is 10.2. The van der Waals surface area contributed by atoms with Crippen LogP contribution in [0.1, 0.15) is 51.9 Å². The van der Waals surface area contributed by atoms with Crippen LogP contribution < -0.4 is 5.32 Å². The van der Waals surface area contributed by atoms with Crippen LogP contribution in [-0.4, -0.2) is 47.7 Å². The minimum Gasteiger partial charge on any atom is -0.387 e. The average molecular weight is 280 g/mol. The van der Waals surface area contributed by atoms with Gasteiger partial charge in [-0.05, 0) is 38.5 Å². The van der Waals surface area contributed by atoms with Gasteiger partial charge < -0.3 is 10.4 Å². The largest absolute Gasteiger partial charge is 0.387 e. The van der Waals surface area contributed by atoms with Crippen LogP contribution in [0.25, 0.3) is 0 Å². The Hall–Kier alpha value is -0.870. The molecule has 1 heterocycles. The van der Waals surface area contributed by atoms with Crippen LogP contribution in [0.3, 0.4) is 0 Å². The molecular formula is C16H28N2O2. The number of rotatable bonds is 7. The molecule has 4 nitrogen and oxygen atoms in total. The molecule has 0 radical (unpaired) electrons. The Kier molecular flexibility index (Phi) is 5.61. The van der Waals surface area contributed by atoms with Crippen molar-refractivity contribution >= 4 is 5.91 Å². The molecule has 1 saturated heterocycles. The summed E-state index contributed by atoms with van der Waals surface area (Å²) < 4.78 is 0. The van der Waals surface area contributed by atoms with Crippen LogP contribution in [0, 0.1) is 0 Å². The predicted octanol–water partition coefficient (Wildman–Crippen LogP) is 1.84. The Labute approximate surface area is 122 Å². The average Bonchev–Trinajstić information content (AvgIpc) is 2.38. The lowest BCUT2D eigenvalue weighted by Crippen LogP contribution is -2.63. The number of likely N-dealkylation sites (tertiary alicyclic amines) is 1. The monoisotopic (exact) mass is 280 g/mol. The molecule has 0 aromatic heterocycles. The number of amides is 1. The number of nitrogens with one attached hydrogen (secondary N) is 1. The van der Waals surface area contributed by atoms with Gasteiger partial charge in [-0.2, -0.15) is 0 Å². The molecule has 0 aromatic carbocycles. The molecule has 0 unspecified atom stereocenters. The summed E-state index contributed by atoms with van der Waals surface area (Å²) in [6, 6.07) is 0. The highest BCUT2D eigenvalue weighted by Crippen LogP contribution is 2.25. The van der Waals surface area contributed by atoms with Gasteiger partial charge in [-0.25, -0.2) is 0 Å². The standard InChI is InChI=1S/C16H28N2O2/c1-2-9-16(20)12-18(13-16)11-15(19)17-10-8-14-6-4-3-5-7-14/h6,20H,2-5,7-13H2,1H3,(H,17,19). The van der Waals surface area contributed by atoms with Gasteiger partial charge in [0.05, 0.1) is 12.1 Å². The molecule has 2 rings (SSSR count). The van der Waals surface area contributed by atoms with Gasteiger partial charge in [-0.15, -0.1) is 0 Å². The van der Waals surface area contributed by atoms with E-state index in [0.29, 0.717) is 19.6 Å². The number of carbonyl (C=O) groups is 1. The second-order valence-electron chi connectivity index (χ2n) is 6.33. The van der Waals surface area contributed by atoms with Gasteiger partial charge in [0.25, 0.3) is 0 Å². The molecule has 1 amide bonds. The summed E-state index contributed by atoms with van der Waals surface area (Å²) in [6.45, 7) is 4.52. The highest BCUT2D eigenvalue weighted by atomic mass is 16.3. The second kappa shape index (κ2) is 7.23. The molecule has 1 fully saturated rings. The van der Waals surface area contributed by atoms with E-state index in [1.807, 2.05) is 4.90 Å². The normalized spacial score (nSPS) is 22.0. The maximum atomic E-state index is 11.8. The number of hydrogen-bond acceptors (Lipinski definition) is 3. The first-order chi connectivity index (χ1) is 9.61. The molecule has 0 spiro atoms. The van der Waals surface area contributed by atoms with E-state index < -0.39 is 5.60 Å². The molecule has 0 bridgehead atoms. The fourth-order valence-electron chi connectivity index (χ4n) is 3.27. The molecule has 2 aliphatic rings. The van der Waals surface area contributed by atoms with E-state index in [9.17, 15) is 9.90 Å². The zero-order chi connectivity index (χ0) is 14.4. The van der Waals surface area contributed by atoms with Crippen molar-refractivity contribution in [3.8, 4) is 0 Å². The van der Waals surface area contributed by atoms with Gasteiger partial charge in [0.1, 0.15) is 0 Å². The summed E-state index contributed by atoms with van der Waals surface area (Å²) in [5.74, 6) is 0.0833. The Morgan fingerprint density at radius 2 is 2.25 bits per heavy atom. The second-order valence-corrected chi connectivity index (χ2v) is 6.33. The summed E-state index contributed by atoms with van der Waals surface area (Å²) in [5.41, 5.74) is 0.958. The highest BCUT2D eigenvalue weighted by Gasteiger charge is 2.40. The van der Waals surface area contributed by atoms with E-state index in [4.69, 9.17) is 0 Å². The van der Waals surface area contributed by atoms with Crippen molar-refractivity contribution in [3.05, 3.63) is 11.6 Å². The van der Waals surface area contributed by atoms with Gasteiger partial charge >= 0.3 is 0 Å². The van der Waals surface area contributed by atoms with E-state index >= 15 is 0 Å². The molecule has 2 N–H and O–H groups in total. The molecule has 0 saturated carbocycles. The van der Waals surface area contributed by atoms with E-state index in [2.05, 4.69) is 18.3 Å². The Balaban J connectivity index is 1.56. The van der Waals surface area contributed by atoms with E-state index in [1.54, 1.807) is 0 Å². The summed E-state index contributed by atoms with van der Waals surface area (Å²) in [5, 5.41) is 13.0. The van der Waals surface area contributed by atoms with Crippen molar-refractivity contribution in [2.75, 3.05) is 26.2 Å². The fourth-order valence-corrected chi connectivity index (χ4v) is 3.27. The summed E-state index contributed by atoms with van der Waals surface area (Å²) in [4.78, 5) is 13.8. The van der Waals surface area contributed by atoms with E-state index in [0.717, 1.165) is 25.8 Å². The predicted molar refractivity (Wildman–Crippen MR) is 80.5 cm³/mol. The Morgan fingerprint density at radius 1 is 1.45 bits per heavy atom. The SMILES string of the molecule is CCCC1(O)CN(CC(=O)NCCC2=CCCCC2)C1. The van der Waals surface area contributed by atoms with Gasteiger partial charge in [-0.3, -0.25) is 9.69 Å². The van der Waals surface area contributed by atoms with Crippen molar-refractivity contribution < 1.29 is 9.90 Å². The van der Waals surface area contributed by atoms with Crippen LogP contribution in [0.5, 0.6) is 0 Å². The Morgan fingerprint density at radius 3 is 2.90 bits per heavy atom. The molecular weight excluding hydrogens is 252 g/mol. The molecule has 1 aliphatic carbocycles. The highest BCUT2D eigenvalue weighted by molar-refractivity contribution is 5.78. The molecule has 0 aromatic rings. The van der Waals surface area contributed by atoms with E-state index in [-0.39, 0.29) is 5.91 Å². The van der Waals surface area contributed by atoms with Crippen LogP contribution in [0.2, 0.25) is 0 Å². The minimum atomic E-state index is -0.540. The number of carbonyl (C=O) groups excluding carboxylic acids is 1. The maximum absolute atomic E-state index is 11.8. The summed E-state index contributed by atoms with van der Waals surface area (Å²) in [7, 11) is 0. The van der Waals surface area contributed by atoms with Gasteiger partial charge in [0.2, 0.25) is 5.91 Å². The first kappa shape index (κ1) is 15.5. The lowest BCUT2D eigenvalue weighted by molar-refractivity contribution is -0.133. The lowest BCUT2D eigenvalue weighted by atomic mass is 9.89. The van der Waals surface area contributed by atoms with Crippen molar-refractivity contribution in [1.29, 1.82) is 0 Å². The third kappa shape index (κ3) is 4.60. The van der Waals surface area contributed by atoms with Crippen LogP contribution in [0.15, 0.2) is 11.6 Å². The molecule has 1 aliphatic heterocycles. The van der Waals surface area contributed by atoms with Crippen molar-refractivity contribution in [3.63, 3.8) is 0 Å². The first-order valence-corrected chi connectivity index (χ1v) is 8.01. The third-order valence-electron chi connectivity index (χ3n) is 4.27. The number of aliphatic hydroxyl groups is 1. The van der Waals surface area contributed by atoms with Crippen LogP contribution >= 0.6 is 0 Å². The maximum Gasteiger partial charge on any atom is 0.234 e. The molecule has 20 heavy (non-hydrogen) atoms. The quantitative estimate of drug-likeness (QED) is 0.700. The smallest absolute Gasteiger partial charge is 0.234 e. The van der Waals surface area contributed by atoms with Crippen molar-refractivity contribution in [2.24, 2.45) is 0 Å². The first-order valence-electron chi connectivity index (χ1n) is 8.01. The molecule has 4 heteroatoms.